The lowest BCUT2D eigenvalue weighted by Gasteiger charge is -2.17. The Morgan fingerprint density at radius 1 is 1.19 bits per heavy atom. The molecule has 8 heteroatoms. The molecule has 4 aromatic rings. The average molecular weight is 418 g/mol. The molecule has 1 amide bonds. The van der Waals surface area contributed by atoms with Gasteiger partial charge in [-0.1, -0.05) is 29.5 Å². The normalized spacial score (nSPS) is 12.3. The zero-order valence-electron chi connectivity index (χ0n) is 14.6. The van der Waals surface area contributed by atoms with E-state index in [0.717, 1.165) is 25.1 Å². The van der Waals surface area contributed by atoms with Gasteiger partial charge in [0.2, 0.25) is 0 Å². The number of thiophene rings is 2. The second kappa shape index (κ2) is 7.38. The molecule has 27 heavy (non-hydrogen) atoms. The first-order valence-electron chi connectivity index (χ1n) is 8.18. The number of carbonyl (C=O) groups is 1. The highest BCUT2D eigenvalue weighted by Gasteiger charge is 2.21. The van der Waals surface area contributed by atoms with Gasteiger partial charge < -0.3 is 10.2 Å². The van der Waals surface area contributed by atoms with Gasteiger partial charge in [0.25, 0.3) is 5.91 Å². The summed E-state index contributed by atoms with van der Waals surface area (Å²) >= 11 is 4.51. The van der Waals surface area contributed by atoms with E-state index in [-0.39, 0.29) is 17.8 Å². The third kappa shape index (κ3) is 3.73. The third-order valence-corrected chi connectivity index (χ3v) is 7.26. The molecule has 0 aliphatic rings. The van der Waals surface area contributed by atoms with Crippen LogP contribution in [-0.4, -0.2) is 25.0 Å². The largest absolute Gasteiger partial charge is 0.354 e. The molecule has 0 saturated heterocycles. The number of amides is 1. The molecule has 3 aromatic heterocycles. The second-order valence-corrected chi connectivity index (χ2v) is 9.16. The second-order valence-electron chi connectivity index (χ2n) is 6.14. The van der Waals surface area contributed by atoms with E-state index in [1.54, 1.807) is 34.8 Å². The Labute approximate surface area is 167 Å². The molecule has 1 atom stereocenters. The standard InChI is InChI=1S/C19H16FN3OS3/c1-23(2)19-22-18-15(27-19)10-14(26-18)17(24)21-16(13-4-3-9-25-13)11-5-7-12(20)8-6-11/h3-10,16H,1-2H3,(H,21,24)/t16-/m1/s1. The molecule has 1 N–H and O–H groups in total. The summed E-state index contributed by atoms with van der Waals surface area (Å²) in [5.74, 6) is -0.449. The van der Waals surface area contributed by atoms with E-state index < -0.39 is 0 Å². The summed E-state index contributed by atoms with van der Waals surface area (Å²) in [5, 5.41) is 5.97. The average Bonchev–Trinajstić information content (AvgIpc) is 3.36. The molecule has 0 aliphatic carbocycles. The van der Waals surface area contributed by atoms with E-state index in [2.05, 4.69) is 10.3 Å². The maximum Gasteiger partial charge on any atom is 0.262 e. The van der Waals surface area contributed by atoms with Crippen LogP contribution in [0.4, 0.5) is 9.52 Å². The van der Waals surface area contributed by atoms with Crippen molar-refractivity contribution in [2.75, 3.05) is 19.0 Å². The van der Waals surface area contributed by atoms with Crippen molar-refractivity contribution in [1.29, 1.82) is 0 Å². The molecule has 0 radical (unpaired) electrons. The van der Waals surface area contributed by atoms with E-state index in [1.165, 1.54) is 23.5 Å². The number of hydrogen-bond donors (Lipinski definition) is 1. The fourth-order valence-corrected chi connectivity index (χ4v) is 5.50. The highest BCUT2D eigenvalue weighted by atomic mass is 32.1. The lowest BCUT2D eigenvalue weighted by Crippen LogP contribution is -2.28. The number of thiazole rings is 1. The Bertz CT molecular complexity index is 1040. The summed E-state index contributed by atoms with van der Waals surface area (Å²) in [6.07, 6.45) is 0. The van der Waals surface area contributed by atoms with E-state index in [1.807, 2.05) is 42.6 Å². The summed E-state index contributed by atoms with van der Waals surface area (Å²) in [7, 11) is 3.90. The van der Waals surface area contributed by atoms with Crippen molar-refractivity contribution >= 4 is 54.6 Å². The number of rotatable bonds is 5. The molecule has 0 spiro atoms. The Morgan fingerprint density at radius 2 is 1.96 bits per heavy atom. The van der Waals surface area contributed by atoms with Crippen molar-refractivity contribution in [3.05, 3.63) is 69.0 Å². The van der Waals surface area contributed by atoms with Crippen molar-refractivity contribution in [2.45, 2.75) is 6.04 Å². The molecule has 0 unspecified atom stereocenters. The highest BCUT2D eigenvalue weighted by molar-refractivity contribution is 7.29. The fourth-order valence-electron chi connectivity index (χ4n) is 2.66. The van der Waals surface area contributed by atoms with Crippen LogP contribution in [0.15, 0.2) is 47.8 Å². The molecule has 0 bridgehead atoms. The van der Waals surface area contributed by atoms with Crippen LogP contribution in [0.25, 0.3) is 9.53 Å². The van der Waals surface area contributed by atoms with Gasteiger partial charge in [0.05, 0.1) is 15.6 Å². The first-order chi connectivity index (χ1) is 13.0. The number of fused-ring (bicyclic) bond motifs is 1. The first kappa shape index (κ1) is 18.1. The Morgan fingerprint density at radius 3 is 2.59 bits per heavy atom. The summed E-state index contributed by atoms with van der Waals surface area (Å²) in [6, 6.07) is 11.7. The minimum Gasteiger partial charge on any atom is -0.354 e. The molecule has 0 aliphatic heterocycles. The van der Waals surface area contributed by atoms with Crippen LogP contribution in [-0.2, 0) is 0 Å². The van der Waals surface area contributed by atoms with Gasteiger partial charge in [-0.2, -0.15) is 0 Å². The van der Waals surface area contributed by atoms with Crippen LogP contribution < -0.4 is 10.2 Å². The van der Waals surface area contributed by atoms with E-state index in [9.17, 15) is 9.18 Å². The Hall–Kier alpha value is -2.29. The van der Waals surface area contributed by atoms with Crippen molar-refractivity contribution in [2.24, 2.45) is 0 Å². The minimum absolute atomic E-state index is 0.153. The molecule has 138 valence electrons. The van der Waals surface area contributed by atoms with Gasteiger partial charge in [-0.3, -0.25) is 4.79 Å². The van der Waals surface area contributed by atoms with Gasteiger partial charge in [0.15, 0.2) is 5.13 Å². The summed E-state index contributed by atoms with van der Waals surface area (Å²) < 4.78 is 14.3. The van der Waals surface area contributed by atoms with Gasteiger partial charge in [0.1, 0.15) is 10.6 Å². The zero-order valence-corrected chi connectivity index (χ0v) is 17.1. The Balaban J connectivity index is 1.61. The number of nitrogens with one attached hydrogen (secondary N) is 1. The monoisotopic (exact) mass is 417 g/mol. The lowest BCUT2D eigenvalue weighted by atomic mass is 10.1. The topological polar surface area (TPSA) is 45.2 Å². The quantitative estimate of drug-likeness (QED) is 0.489. The first-order valence-corrected chi connectivity index (χ1v) is 10.7. The molecular weight excluding hydrogens is 401 g/mol. The minimum atomic E-state index is -0.316. The number of aromatic nitrogens is 1. The van der Waals surface area contributed by atoms with Crippen molar-refractivity contribution in [1.82, 2.24) is 10.3 Å². The van der Waals surface area contributed by atoms with Gasteiger partial charge in [0, 0.05) is 19.0 Å². The maximum atomic E-state index is 13.3. The van der Waals surface area contributed by atoms with Crippen LogP contribution in [0.3, 0.4) is 0 Å². The van der Waals surface area contributed by atoms with Gasteiger partial charge in [-0.15, -0.1) is 22.7 Å². The maximum absolute atomic E-state index is 13.3. The summed E-state index contributed by atoms with van der Waals surface area (Å²) in [5.41, 5.74) is 0.846. The van der Waals surface area contributed by atoms with Gasteiger partial charge in [-0.25, -0.2) is 9.37 Å². The van der Waals surface area contributed by atoms with Gasteiger partial charge >= 0.3 is 0 Å². The molecule has 4 nitrogen and oxygen atoms in total. The third-order valence-electron chi connectivity index (χ3n) is 3.99. The number of hydrogen-bond acceptors (Lipinski definition) is 6. The molecular formula is C19H16FN3OS3. The predicted molar refractivity (Wildman–Crippen MR) is 112 cm³/mol. The predicted octanol–water partition coefficient (Wildman–Crippen LogP) is 5.14. The molecule has 0 saturated carbocycles. The van der Waals surface area contributed by atoms with Crippen LogP contribution in [0.5, 0.6) is 0 Å². The van der Waals surface area contributed by atoms with E-state index >= 15 is 0 Å². The van der Waals surface area contributed by atoms with Crippen molar-refractivity contribution in [3.8, 4) is 0 Å². The number of halogens is 1. The molecule has 1 aromatic carbocycles. The van der Waals surface area contributed by atoms with Crippen molar-refractivity contribution in [3.63, 3.8) is 0 Å². The zero-order chi connectivity index (χ0) is 19.0. The number of carbonyl (C=O) groups excluding carboxylic acids is 1. The van der Waals surface area contributed by atoms with E-state index in [4.69, 9.17) is 0 Å². The fraction of sp³-hybridized carbons (Fsp3) is 0.158. The molecule has 3 heterocycles. The van der Waals surface area contributed by atoms with Crippen LogP contribution in [0.2, 0.25) is 0 Å². The number of benzene rings is 1. The van der Waals surface area contributed by atoms with Crippen molar-refractivity contribution < 1.29 is 9.18 Å². The number of anilines is 1. The van der Waals surface area contributed by atoms with Gasteiger partial charge in [-0.05, 0) is 35.2 Å². The summed E-state index contributed by atoms with van der Waals surface area (Å²) in [6.45, 7) is 0. The number of nitrogens with zero attached hydrogens (tertiary/aromatic N) is 2. The van der Waals surface area contributed by atoms with Crippen LogP contribution in [0.1, 0.15) is 26.2 Å². The SMILES string of the molecule is CN(C)c1nc2sc(C(=O)N[C@H](c3ccc(F)cc3)c3cccs3)cc2s1. The highest BCUT2D eigenvalue weighted by Crippen LogP contribution is 2.34. The van der Waals surface area contributed by atoms with Crippen LogP contribution >= 0.6 is 34.0 Å². The van der Waals surface area contributed by atoms with Crippen LogP contribution in [0, 0.1) is 5.82 Å². The molecule has 0 fully saturated rings. The summed E-state index contributed by atoms with van der Waals surface area (Å²) in [4.78, 5) is 21.9. The van der Waals surface area contributed by atoms with E-state index in [0.29, 0.717) is 4.88 Å². The lowest BCUT2D eigenvalue weighted by molar-refractivity contribution is 0.0947. The Kier molecular flexibility index (Phi) is 4.94. The molecule has 4 rings (SSSR count). The smallest absolute Gasteiger partial charge is 0.262 e.